The summed E-state index contributed by atoms with van der Waals surface area (Å²) in [6.07, 6.45) is 2.33. The zero-order valence-electron chi connectivity index (χ0n) is 13.2. The Morgan fingerprint density at radius 1 is 1.48 bits per heavy atom. The molecule has 0 saturated carbocycles. The Kier molecular flexibility index (Phi) is 6.12. The van der Waals surface area contributed by atoms with Crippen molar-refractivity contribution >= 4 is 17.5 Å². The van der Waals surface area contributed by atoms with Crippen molar-refractivity contribution in [3.8, 4) is 6.07 Å². The molecule has 2 amide bonds. The van der Waals surface area contributed by atoms with Crippen molar-refractivity contribution in [2.45, 2.75) is 32.3 Å². The maximum atomic E-state index is 11.9. The fourth-order valence-electron chi connectivity index (χ4n) is 2.55. The first-order valence-corrected chi connectivity index (χ1v) is 7.76. The number of ether oxygens (including phenoxy) is 1. The van der Waals surface area contributed by atoms with Crippen molar-refractivity contribution in [2.24, 2.45) is 0 Å². The first kappa shape index (κ1) is 17.0. The van der Waals surface area contributed by atoms with Crippen LogP contribution < -0.4 is 10.2 Å². The summed E-state index contributed by atoms with van der Waals surface area (Å²) in [5, 5.41) is 11.8. The molecule has 1 heterocycles. The molecule has 1 aromatic carbocycles. The van der Waals surface area contributed by atoms with Crippen LogP contribution in [0, 0.1) is 11.3 Å². The maximum Gasteiger partial charge on any atom is 0.223 e. The van der Waals surface area contributed by atoms with E-state index < -0.39 is 0 Å². The van der Waals surface area contributed by atoms with Crippen molar-refractivity contribution in [3.05, 3.63) is 29.8 Å². The summed E-state index contributed by atoms with van der Waals surface area (Å²) in [5.74, 6) is -0.268. The van der Waals surface area contributed by atoms with Gasteiger partial charge in [0.1, 0.15) is 0 Å². The Balaban J connectivity index is 1.87. The molecule has 1 atom stereocenters. The third-order valence-corrected chi connectivity index (χ3v) is 3.78. The van der Waals surface area contributed by atoms with E-state index in [1.54, 1.807) is 24.3 Å². The topological polar surface area (TPSA) is 82.4 Å². The lowest BCUT2D eigenvalue weighted by atomic mass is 10.2. The van der Waals surface area contributed by atoms with Crippen molar-refractivity contribution in [2.75, 3.05) is 24.6 Å². The number of carbonyl (C=O) groups excluding carboxylic acids is 2. The quantitative estimate of drug-likeness (QED) is 0.864. The van der Waals surface area contributed by atoms with Crippen LogP contribution in [0.1, 0.15) is 31.7 Å². The molecule has 0 bridgehead atoms. The van der Waals surface area contributed by atoms with E-state index in [2.05, 4.69) is 5.32 Å². The zero-order valence-corrected chi connectivity index (χ0v) is 13.2. The van der Waals surface area contributed by atoms with Crippen LogP contribution in [0.5, 0.6) is 0 Å². The van der Waals surface area contributed by atoms with Crippen LogP contribution in [0.25, 0.3) is 0 Å². The minimum atomic E-state index is -0.160. The molecule has 1 aliphatic heterocycles. The molecular weight excluding hydrogens is 294 g/mol. The Bertz CT molecular complexity index is 603. The van der Waals surface area contributed by atoms with Gasteiger partial charge in [0.2, 0.25) is 11.8 Å². The lowest BCUT2D eigenvalue weighted by Crippen LogP contribution is -2.36. The first-order chi connectivity index (χ1) is 11.1. The van der Waals surface area contributed by atoms with E-state index in [-0.39, 0.29) is 30.9 Å². The fraction of sp³-hybridized carbons (Fsp3) is 0.471. The average Bonchev–Trinajstić information content (AvgIpc) is 3.06. The highest BCUT2D eigenvalue weighted by Gasteiger charge is 2.17. The van der Waals surface area contributed by atoms with Gasteiger partial charge in [0, 0.05) is 38.7 Å². The number of amides is 2. The molecule has 1 unspecified atom stereocenters. The van der Waals surface area contributed by atoms with Gasteiger partial charge in [0.05, 0.1) is 17.7 Å². The third kappa shape index (κ3) is 5.08. The maximum absolute atomic E-state index is 11.9. The molecule has 0 aromatic heterocycles. The highest BCUT2D eigenvalue weighted by Crippen LogP contribution is 2.16. The molecule has 0 spiro atoms. The minimum absolute atomic E-state index is 0.107. The number of hydrogen-bond donors (Lipinski definition) is 1. The molecule has 1 aromatic rings. The van der Waals surface area contributed by atoms with Crippen LogP contribution in [-0.2, 0) is 14.3 Å². The van der Waals surface area contributed by atoms with Crippen LogP contribution in [0.2, 0.25) is 0 Å². The largest absolute Gasteiger partial charge is 0.376 e. The molecule has 0 radical (unpaired) electrons. The second-order valence-electron chi connectivity index (χ2n) is 5.52. The van der Waals surface area contributed by atoms with E-state index in [0.717, 1.165) is 19.4 Å². The Hall–Kier alpha value is -2.39. The van der Waals surface area contributed by atoms with Gasteiger partial charge >= 0.3 is 0 Å². The molecule has 6 heteroatoms. The SMILES string of the molecule is CC(=O)N(CCC(=O)NCC1CCCO1)c1cccc(C#N)c1. The molecule has 1 aliphatic rings. The minimum Gasteiger partial charge on any atom is -0.376 e. The van der Waals surface area contributed by atoms with Crippen LogP contribution in [0.4, 0.5) is 5.69 Å². The number of nitrogens with one attached hydrogen (secondary N) is 1. The van der Waals surface area contributed by atoms with Crippen LogP contribution in [-0.4, -0.2) is 37.6 Å². The predicted molar refractivity (Wildman–Crippen MR) is 85.8 cm³/mol. The number of nitriles is 1. The highest BCUT2D eigenvalue weighted by molar-refractivity contribution is 5.92. The monoisotopic (exact) mass is 315 g/mol. The number of benzene rings is 1. The number of anilines is 1. The van der Waals surface area contributed by atoms with Crippen LogP contribution in [0.15, 0.2) is 24.3 Å². The number of hydrogen-bond acceptors (Lipinski definition) is 4. The lowest BCUT2D eigenvalue weighted by molar-refractivity contribution is -0.121. The number of rotatable bonds is 6. The van der Waals surface area contributed by atoms with E-state index in [4.69, 9.17) is 10.00 Å². The van der Waals surface area contributed by atoms with E-state index in [9.17, 15) is 9.59 Å². The molecule has 0 aliphatic carbocycles. The van der Waals surface area contributed by atoms with Crippen LogP contribution >= 0.6 is 0 Å². The van der Waals surface area contributed by atoms with Gasteiger partial charge in [-0.25, -0.2) is 0 Å². The average molecular weight is 315 g/mol. The molecule has 2 rings (SSSR count). The van der Waals surface area contributed by atoms with E-state index in [1.165, 1.54) is 11.8 Å². The fourth-order valence-corrected chi connectivity index (χ4v) is 2.55. The van der Waals surface area contributed by atoms with Gasteiger partial charge in [-0.1, -0.05) is 6.07 Å². The molecular formula is C17H21N3O3. The van der Waals surface area contributed by atoms with Gasteiger partial charge in [-0.05, 0) is 31.0 Å². The summed E-state index contributed by atoms with van der Waals surface area (Å²) >= 11 is 0. The molecule has 1 N–H and O–H groups in total. The van der Waals surface area contributed by atoms with Gasteiger partial charge in [-0.3, -0.25) is 9.59 Å². The number of nitrogens with zero attached hydrogens (tertiary/aromatic N) is 2. The smallest absolute Gasteiger partial charge is 0.223 e. The second kappa shape index (κ2) is 8.30. The second-order valence-corrected chi connectivity index (χ2v) is 5.52. The van der Waals surface area contributed by atoms with Gasteiger partial charge in [-0.15, -0.1) is 0 Å². The molecule has 1 saturated heterocycles. The zero-order chi connectivity index (χ0) is 16.7. The summed E-state index contributed by atoms with van der Waals surface area (Å²) in [5.41, 5.74) is 1.11. The third-order valence-electron chi connectivity index (χ3n) is 3.78. The molecule has 6 nitrogen and oxygen atoms in total. The normalized spacial score (nSPS) is 16.6. The van der Waals surface area contributed by atoms with Crippen molar-refractivity contribution in [3.63, 3.8) is 0 Å². The first-order valence-electron chi connectivity index (χ1n) is 7.76. The van der Waals surface area contributed by atoms with E-state index in [0.29, 0.717) is 17.8 Å². The standard InChI is InChI=1S/C17H21N3O3/c1-13(21)20(15-5-2-4-14(10-15)11-18)8-7-17(22)19-12-16-6-3-9-23-16/h2,4-5,10,16H,3,6-9,12H2,1H3,(H,19,22). The van der Waals surface area contributed by atoms with Gasteiger partial charge in [0.15, 0.2) is 0 Å². The Morgan fingerprint density at radius 2 is 2.30 bits per heavy atom. The van der Waals surface area contributed by atoms with Gasteiger partial charge in [-0.2, -0.15) is 5.26 Å². The molecule has 122 valence electrons. The summed E-state index contributed by atoms with van der Waals surface area (Å²) in [4.78, 5) is 25.2. The summed E-state index contributed by atoms with van der Waals surface area (Å²) in [6, 6.07) is 8.85. The molecule has 23 heavy (non-hydrogen) atoms. The van der Waals surface area contributed by atoms with Crippen molar-refractivity contribution in [1.29, 1.82) is 5.26 Å². The van der Waals surface area contributed by atoms with Crippen LogP contribution in [0.3, 0.4) is 0 Å². The van der Waals surface area contributed by atoms with Crippen molar-refractivity contribution < 1.29 is 14.3 Å². The summed E-state index contributed by atoms with van der Waals surface area (Å²) in [7, 11) is 0. The Labute approximate surface area is 136 Å². The number of carbonyl (C=O) groups is 2. The molecule has 1 fully saturated rings. The summed E-state index contributed by atoms with van der Waals surface area (Å²) in [6.45, 7) is 3.00. The van der Waals surface area contributed by atoms with E-state index in [1.807, 2.05) is 6.07 Å². The van der Waals surface area contributed by atoms with Gasteiger partial charge < -0.3 is 15.0 Å². The lowest BCUT2D eigenvalue weighted by Gasteiger charge is -2.21. The highest BCUT2D eigenvalue weighted by atomic mass is 16.5. The van der Waals surface area contributed by atoms with Gasteiger partial charge in [0.25, 0.3) is 0 Å². The predicted octanol–water partition coefficient (Wildman–Crippen LogP) is 1.60. The summed E-state index contributed by atoms with van der Waals surface area (Å²) < 4.78 is 5.45. The van der Waals surface area contributed by atoms with E-state index >= 15 is 0 Å². The van der Waals surface area contributed by atoms with Crippen molar-refractivity contribution in [1.82, 2.24) is 5.32 Å². The Morgan fingerprint density at radius 3 is 2.96 bits per heavy atom.